The number of hydrogen-bond donors (Lipinski definition) is 1. The Hall–Kier alpha value is -3.36. The van der Waals surface area contributed by atoms with Crippen LogP contribution in [0.25, 0.3) is 5.69 Å². The van der Waals surface area contributed by atoms with Gasteiger partial charge in [0.2, 0.25) is 0 Å². The van der Waals surface area contributed by atoms with Gasteiger partial charge in [0.1, 0.15) is 11.5 Å². The smallest absolute Gasteiger partial charge is 0.256 e. The Bertz CT molecular complexity index is 1050. The highest BCUT2D eigenvalue weighted by Gasteiger charge is 2.34. The van der Waals surface area contributed by atoms with Crippen molar-refractivity contribution in [1.82, 2.24) is 24.9 Å². The van der Waals surface area contributed by atoms with Crippen LogP contribution < -0.4 is 5.32 Å². The zero-order valence-electron chi connectivity index (χ0n) is 17.4. The Balaban J connectivity index is 1.62. The molecule has 0 unspecified atom stereocenters. The molecule has 0 spiro atoms. The molecule has 2 aromatic heterocycles. The van der Waals surface area contributed by atoms with Crippen molar-refractivity contribution in [2.24, 2.45) is 5.92 Å². The van der Waals surface area contributed by atoms with Crippen molar-refractivity contribution >= 4 is 11.7 Å². The molecule has 0 aliphatic carbocycles. The summed E-state index contributed by atoms with van der Waals surface area (Å²) >= 11 is 0. The Labute approximate surface area is 179 Å². The number of benzene rings is 1. The van der Waals surface area contributed by atoms with Gasteiger partial charge in [-0.2, -0.15) is 15.0 Å². The molecule has 0 bridgehead atoms. The van der Waals surface area contributed by atoms with Gasteiger partial charge in [-0.05, 0) is 43.4 Å². The summed E-state index contributed by atoms with van der Waals surface area (Å²) in [6, 6.07) is 5.62. The minimum Gasteiger partial charge on any atom is -0.368 e. The number of aryl methyl sites for hydroxylation is 1. The van der Waals surface area contributed by atoms with E-state index < -0.39 is 11.6 Å². The lowest BCUT2D eigenvalue weighted by atomic mass is 9.90. The van der Waals surface area contributed by atoms with E-state index in [1.807, 2.05) is 19.1 Å². The Morgan fingerprint density at radius 3 is 2.65 bits per heavy atom. The number of rotatable bonds is 5. The van der Waals surface area contributed by atoms with E-state index in [0.717, 1.165) is 41.2 Å². The van der Waals surface area contributed by atoms with Crippen LogP contribution >= 0.6 is 0 Å². The van der Waals surface area contributed by atoms with Crippen molar-refractivity contribution in [2.45, 2.75) is 32.7 Å². The van der Waals surface area contributed by atoms with E-state index in [-0.39, 0.29) is 29.1 Å². The standard InChI is InChI=1S/C22H24F2N6O/c1-14-5-6-21(25-12-14)26-13-20-15(2)4-3-9-29(20)22(31)16-10-17(23)18(24)11-19(16)30-27-7-8-28-30/h5-8,10-12,15,20H,3-4,9,13H2,1-2H3,(H,25,26)/t15-,20-/m1/s1. The fraction of sp³-hybridized carbons (Fsp3) is 0.364. The monoisotopic (exact) mass is 426 g/mol. The van der Waals surface area contributed by atoms with Crippen molar-refractivity contribution in [3.8, 4) is 5.69 Å². The van der Waals surface area contributed by atoms with Crippen LogP contribution in [-0.4, -0.2) is 49.9 Å². The second-order valence-corrected chi connectivity index (χ2v) is 7.89. The van der Waals surface area contributed by atoms with Gasteiger partial charge in [-0.15, -0.1) is 0 Å². The van der Waals surface area contributed by atoms with Crippen LogP contribution in [0.15, 0.2) is 42.9 Å². The van der Waals surface area contributed by atoms with Crippen LogP contribution in [-0.2, 0) is 0 Å². The first-order valence-corrected chi connectivity index (χ1v) is 10.3. The molecule has 1 aliphatic rings. The van der Waals surface area contributed by atoms with Crippen molar-refractivity contribution in [3.05, 3.63) is 65.6 Å². The van der Waals surface area contributed by atoms with Crippen LogP contribution in [0.2, 0.25) is 0 Å². The number of pyridine rings is 1. The summed E-state index contributed by atoms with van der Waals surface area (Å²) in [6.07, 6.45) is 6.42. The first-order valence-electron chi connectivity index (χ1n) is 10.3. The van der Waals surface area contributed by atoms with Gasteiger partial charge in [-0.25, -0.2) is 13.8 Å². The lowest BCUT2D eigenvalue weighted by molar-refractivity contribution is 0.0539. The van der Waals surface area contributed by atoms with E-state index in [9.17, 15) is 13.6 Å². The van der Waals surface area contributed by atoms with Crippen molar-refractivity contribution in [3.63, 3.8) is 0 Å². The summed E-state index contributed by atoms with van der Waals surface area (Å²) < 4.78 is 28.0. The zero-order valence-corrected chi connectivity index (χ0v) is 17.4. The predicted molar refractivity (Wildman–Crippen MR) is 112 cm³/mol. The van der Waals surface area contributed by atoms with Gasteiger partial charge in [0.15, 0.2) is 11.6 Å². The van der Waals surface area contributed by atoms with E-state index in [1.54, 1.807) is 11.1 Å². The second kappa shape index (κ2) is 8.79. The molecule has 1 saturated heterocycles. The topological polar surface area (TPSA) is 75.9 Å². The Morgan fingerprint density at radius 1 is 1.19 bits per heavy atom. The Kier molecular flexibility index (Phi) is 5.92. The Morgan fingerprint density at radius 2 is 1.94 bits per heavy atom. The molecule has 1 aromatic carbocycles. The molecule has 3 aromatic rings. The molecule has 1 fully saturated rings. The third kappa shape index (κ3) is 4.40. The number of hydrogen-bond acceptors (Lipinski definition) is 5. The summed E-state index contributed by atoms with van der Waals surface area (Å²) in [4.78, 5) is 20.7. The van der Waals surface area contributed by atoms with E-state index in [4.69, 9.17) is 0 Å². The number of aromatic nitrogens is 4. The lowest BCUT2D eigenvalue weighted by Crippen LogP contribution is -2.51. The van der Waals surface area contributed by atoms with Gasteiger partial charge in [0.25, 0.3) is 5.91 Å². The van der Waals surface area contributed by atoms with Gasteiger partial charge < -0.3 is 10.2 Å². The molecule has 1 N–H and O–H groups in total. The molecular weight excluding hydrogens is 402 g/mol. The number of amides is 1. The second-order valence-electron chi connectivity index (χ2n) is 7.89. The number of anilines is 1. The zero-order chi connectivity index (χ0) is 22.0. The molecule has 0 saturated carbocycles. The number of nitrogens with zero attached hydrogens (tertiary/aromatic N) is 5. The maximum atomic E-state index is 14.1. The van der Waals surface area contributed by atoms with Gasteiger partial charge in [-0.3, -0.25) is 4.79 Å². The average molecular weight is 426 g/mol. The first kappa shape index (κ1) is 20.9. The number of carbonyl (C=O) groups excluding carboxylic acids is 1. The highest BCUT2D eigenvalue weighted by atomic mass is 19.2. The van der Waals surface area contributed by atoms with E-state index in [1.165, 1.54) is 12.4 Å². The highest BCUT2D eigenvalue weighted by Crippen LogP contribution is 2.28. The van der Waals surface area contributed by atoms with E-state index in [0.29, 0.717) is 13.1 Å². The molecule has 1 aliphatic heterocycles. The maximum Gasteiger partial charge on any atom is 0.256 e. The molecule has 9 heteroatoms. The predicted octanol–water partition coefficient (Wildman–Crippen LogP) is 3.60. The van der Waals surface area contributed by atoms with Crippen LogP contribution in [0, 0.1) is 24.5 Å². The fourth-order valence-electron chi connectivity index (χ4n) is 3.96. The van der Waals surface area contributed by atoms with Crippen LogP contribution in [0.4, 0.5) is 14.6 Å². The number of halogens is 2. The minimum absolute atomic E-state index is 0.0302. The average Bonchev–Trinajstić information content (AvgIpc) is 3.30. The summed E-state index contributed by atoms with van der Waals surface area (Å²) in [5.74, 6) is -1.55. The number of likely N-dealkylation sites (tertiary alicyclic amines) is 1. The number of nitrogens with one attached hydrogen (secondary N) is 1. The van der Waals surface area contributed by atoms with Crippen LogP contribution in [0.1, 0.15) is 35.7 Å². The highest BCUT2D eigenvalue weighted by molar-refractivity contribution is 5.98. The number of piperidine rings is 1. The molecular formula is C22H24F2N6O. The fourth-order valence-corrected chi connectivity index (χ4v) is 3.96. The molecule has 2 atom stereocenters. The van der Waals surface area contributed by atoms with Gasteiger partial charge in [0.05, 0.1) is 24.0 Å². The summed E-state index contributed by atoms with van der Waals surface area (Å²) in [5, 5.41) is 11.3. The van der Waals surface area contributed by atoms with Crippen LogP contribution in [0.3, 0.4) is 0 Å². The molecule has 31 heavy (non-hydrogen) atoms. The van der Waals surface area contributed by atoms with Crippen LogP contribution in [0.5, 0.6) is 0 Å². The maximum absolute atomic E-state index is 14.1. The summed E-state index contributed by atoms with van der Waals surface area (Å²) in [6.45, 7) is 5.09. The first-order chi connectivity index (χ1) is 14.9. The van der Waals surface area contributed by atoms with Gasteiger partial charge >= 0.3 is 0 Å². The molecule has 1 amide bonds. The minimum atomic E-state index is -1.08. The molecule has 0 radical (unpaired) electrons. The van der Waals surface area contributed by atoms with Gasteiger partial charge in [-0.1, -0.05) is 13.0 Å². The molecule has 162 valence electrons. The van der Waals surface area contributed by atoms with E-state index in [2.05, 4.69) is 27.4 Å². The SMILES string of the molecule is Cc1ccc(NC[C@@H]2[C@H](C)CCCN2C(=O)c2cc(F)c(F)cc2-n2nccn2)nc1. The van der Waals surface area contributed by atoms with E-state index >= 15 is 0 Å². The molecule has 4 rings (SSSR count). The molecule has 7 nitrogen and oxygen atoms in total. The third-order valence-corrected chi connectivity index (χ3v) is 5.68. The van der Waals surface area contributed by atoms with Crippen molar-refractivity contribution in [2.75, 3.05) is 18.4 Å². The van der Waals surface area contributed by atoms with Crippen molar-refractivity contribution in [1.29, 1.82) is 0 Å². The summed E-state index contributed by atoms with van der Waals surface area (Å²) in [5.41, 5.74) is 1.20. The third-order valence-electron chi connectivity index (χ3n) is 5.68. The summed E-state index contributed by atoms with van der Waals surface area (Å²) in [7, 11) is 0. The normalized spacial score (nSPS) is 18.8. The quantitative estimate of drug-likeness (QED) is 0.675. The molecule has 3 heterocycles. The lowest BCUT2D eigenvalue weighted by Gasteiger charge is -2.40. The van der Waals surface area contributed by atoms with Crippen molar-refractivity contribution < 1.29 is 13.6 Å². The van der Waals surface area contributed by atoms with Gasteiger partial charge in [0, 0.05) is 25.4 Å². The number of carbonyl (C=O) groups is 1. The largest absolute Gasteiger partial charge is 0.368 e.